The molecule has 0 N–H and O–H groups in total. The third-order valence-corrected chi connectivity index (χ3v) is 4.74. The quantitative estimate of drug-likeness (QED) is 0.823. The molecule has 2 rings (SSSR count). The van der Waals surface area contributed by atoms with Gasteiger partial charge < -0.3 is 0 Å². The number of carbonyl (C=O) groups excluding carboxylic acids is 1. The average Bonchev–Trinajstić information content (AvgIpc) is 2.38. The van der Waals surface area contributed by atoms with Gasteiger partial charge in [0.15, 0.2) is 0 Å². The van der Waals surface area contributed by atoms with Crippen molar-refractivity contribution in [2.75, 3.05) is 5.75 Å². The summed E-state index contributed by atoms with van der Waals surface area (Å²) in [6, 6.07) is 9.50. The summed E-state index contributed by atoms with van der Waals surface area (Å²) >= 11 is 0. The highest BCUT2D eigenvalue weighted by atomic mass is 32.2. The minimum absolute atomic E-state index is 0.163. The van der Waals surface area contributed by atoms with Gasteiger partial charge in [-0.25, -0.2) is 0 Å². The zero-order valence-corrected chi connectivity index (χ0v) is 10.7. The highest BCUT2D eigenvalue weighted by Crippen LogP contribution is 2.24. The van der Waals surface area contributed by atoms with E-state index in [9.17, 15) is 9.00 Å². The zero-order valence-electron chi connectivity index (χ0n) is 9.93. The highest BCUT2D eigenvalue weighted by Gasteiger charge is 2.22. The van der Waals surface area contributed by atoms with Gasteiger partial charge in [0.2, 0.25) is 0 Å². The maximum atomic E-state index is 12.0. The van der Waals surface area contributed by atoms with Gasteiger partial charge in [-0.3, -0.25) is 9.00 Å². The van der Waals surface area contributed by atoms with Crippen LogP contribution in [0.4, 0.5) is 0 Å². The molecule has 0 spiro atoms. The third-order valence-electron chi connectivity index (χ3n) is 3.34. The standard InChI is InChI=1S/C14H18O2S/c15-14-9-5-4-6-12(14)10-11-17(16)13-7-2-1-3-8-13/h1-3,7-8,12H,4-6,9-11H2/t12-,17+/m0/s1. The van der Waals surface area contributed by atoms with Crippen molar-refractivity contribution in [2.45, 2.75) is 37.0 Å². The van der Waals surface area contributed by atoms with Crippen LogP contribution >= 0.6 is 0 Å². The lowest BCUT2D eigenvalue weighted by molar-refractivity contribution is -0.124. The fourth-order valence-electron chi connectivity index (χ4n) is 2.30. The van der Waals surface area contributed by atoms with Crippen LogP contribution in [0.3, 0.4) is 0 Å². The van der Waals surface area contributed by atoms with E-state index in [-0.39, 0.29) is 5.92 Å². The Morgan fingerprint density at radius 3 is 2.65 bits per heavy atom. The molecule has 2 nitrogen and oxygen atoms in total. The van der Waals surface area contributed by atoms with Crippen molar-refractivity contribution in [2.24, 2.45) is 5.92 Å². The smallest absolute Gasteiger partial charge is 0.136 e. The van der Waals surface area contributed by atoms with Gasteiger partial charge in [0.25, 0.3) is 0 Å². The number of benzene rings is 1. The minimum atomic E-state index is -0.952. The molecule has 0 saturated heterocycles. The van der Waals surface area contributed by atoms with Crippen LogP contribution in [0.15, 0.2) is 35.2 Å². The molecule has 1 aliphatic carbocycles. The summed E-state index contributed by atoms with van der Waals surface area (Å²) in [4.78, 5) is 12.5. The maximum Gasteiger partial charge on any atom is 0.136 e. The summed E-state index contributed by atoms with van der Waals surface area (Å²) in [6.07, 6.45) is 4.68. The molecule has 92 valence electrons. The van der Waals surface area contributed by atoms with Gasteiger partial charge in [-0.2, -0.15) is 0 Å². The summed E-state index contributed by atoms with van der Waals surface area (Å²) < 4.78 is 12.0. The van der Waals surface area contributed by atoms with Crippen molar-refractivity contribution in [3.05, 3.63) is 30.3 Å². The Morgan fingerprint density at radius 1 is 1.18 bits per heavy atom. The van der Waals surface area contributed by atoms with Gasteiger partial charge in [0.05, 0.1) is 10.8 Å². The van der Waals surface area contributed by atoms with Gasteiger partial charge in [0, 0.05) is 23.0 Å². The van der Waals surface area contributed by atoms with Gasteiger partial charge >= 0.3 is 0 Å². The van der Waals surface area contributed by atoms with Crippen molar-refractivity contribution >= 4 is 16.6 Å². The third kappa shape index (κ3) is 3.50. The molecule has 0 unspecified atom stereocenters. The van der Waals surface area contributed by atoms with E-state index in [1.54, 1.807) is 0 Å². The van der Waals surface area contributed by atoms with Crippen LogP contribution in [0.25, 0.3) is 0 Å². The Balaban J connectivity index is 1.86. The fraction of sp³-hybridized carbons (Fsp3) is 0.500. The van der Waals surface area contributed by atoms with E-state index in [1.165, 1.54) is 0 Å². The van der Waals surface area contributed by atoms with E-state index in [0.717, 1.165) is 37.0 Å². The number of Topliss-reactive ketones (excluding diaryl/α,β-unsaturated/α-hetero) is 1. The van der Waals surface area contributed by atoms with Crippen LogP contribution in [-0.4, -0.2) is 15.7 Å². The van der Waals surface area contributed by atoms with Crippen molar-refractivity contribution in [3.8, 4) is 0 Å². The Bertz CT molecular complexity index is 400. The topological polar surface area (TPSA) is 34.1 Å². The second kappa shape index (κ2) is 6.10. The lowest BCUT2D eigenvalue weighted by Gasteiger charge is -2.19. The highest BCUT2D eigenvalue weighted by molar-refractivity contribution is 7.85. The molecular weight excluding hydrogens is 232 g/mol. The summed E-state index contributed by atoms with van der Waals surface area (Å²) in [5.74, 6) is 1.15. The first kappa shape index (κ1) is 12.5. The number of ketones is 1. The molecule has 17 heavy (non-hydrogen) atoms. The molecular formula is C14H18O2S. The van der Waals surface area contributed by atoms with E-state index in [4.69, 9.17) is 0 Å². The monoisotopic (exact) mass is 250 g/mol. The van der Waals surface area contributed by atoms with E-state index < -0.39 is 10.8 Å². The number of carbonyl (C=O) groups is 1. The van der Waals surface area contributed by atoms with Crippen LogP contribution < -0.4 is 0 Å². The van der Waals surface area contributed by atoms with Crippen molar-refractivity contribution < 1.29 is 9.00 Å². The largest absolute Gasteiger partial charge is 0.299 e. The average molecular weight is 250 g/mol. The SMILES string of the molecule is O=C1CCCC[C@H]1CC[S@@](=O)c1ccccc1. The molecule has 0 bridgehead atoms. The zero-order chi connectivity index (χ0) is 12.1. The van der Waals surface area contributed by atoms with Crippen LogP contribution in [0.5, 0.6) is 0 Å². The Kier molecular flexibility index (Phi) is 4.49. The van der Waals surface area contributed by atoms with E-state index in [1.807, 2.05) is 30.3 Å². The van der Waals surface area contributed by atoms with Crippen LogP contribution in [-0.2, 0) is 15.6 Å². The molecule has 3 heteroatoms. The first-order valence-electron chi connectivity index (χ1n) is 6.23. The normalized spacial score (nSPS) is 22.4. The molecule has 1 aromatic rings. The molecule has 0 amide bonds. The van der Waals surface area contributed by atoms with Crippen LogP contribution in [0, 0.1) is 5.92 Å². The van der Waals surface area contributed by atoms with Crippen molar-refractivity contribution in [1.29, 1.82) is 0 Å². The maximum absolute atomic E-state index is 12.0. The van der Waals surface area contributed by atoms with Crippen molar-refractivity contribution in [1.82, 2.24) is 0 Å². The van der Waals surface area contributed by atoms with Gasteiger partial charge in [-0.1, -0.05) is 24.6 Å². The lowest BCUT2D eigenvalue weighted by Crippen LogP contribution is -2.20. The molecule has 0 radical (unpaired) electrons. The van der Waals surface area contributed by atoms with Gasteiger partial charge in [0.1, 0.15) is 5.78 Å². The van der Waals surface area contributed by atoms with E-state index in [2.05, 4.69) is 0 Å². The molecule has 1 fully saturated rings. The molecule has 1 aliphatic rings. The lowest BCUT2D eigenvalue weighted by atomic mass is 9.86. The first-order valence-corrected chi connectivity index (χ1v) is 7.55. The van der Waals surface area contributed by atoms with E-state index >= 15 is 0 Å². The summed E-state index contributed by atoms with van der Waals surface area (Å²) in [6.45, 7) is 0. The van der Waals surface area contributed by atoms with Crippen LogP contribution in [0.1, 0.15) is 32.1 Å². The number of rotatable bonds is 4. The molecule has 1 saturated carbocycles. The second-order valence-corrected chi connectivity index (χ2v) is 6.13. The summed E-state index contributed by atoms with van der Waals surface area (Å²) in [5, 5.41) is 0. The second-order valence-electron chi connectivity index (χ2n) is 4.56. The van der Waals surface area contributed by atoms with Gasteiger partial charge in [-0.15, -0.1) is 0 Å². The molecule has 0 aromatic heterocycles. The van der Waals surface area contributed by atoms with E-state index in [0.29, 0.717) is 11.5 Å². The fourth-order valence-corrected chi connectivity index (χ4v) is 3.49. The predicted octanol–water partition coefficient (Wildman–Crippen LogP) is 2.94. The van der Waals surface area contributed by atoms with Crippen molar-refractivity contribution in [3.63, 3.8) is 0 Å². The predicted molar refractivity (Wildman–Crippen MR) is 69.3 cm³/mol. The number of hydrogen-bond acceptors (Lipinski definition) is 2. The first-order chi connectivity index (χ1) is 8.27. The minimum Gasteiger partial charge on any atom is -0.299 e. The molecule has 1 aromatic carbocycles. The Hall–Kier alpha value is -0.960. The number of hydrogen-bond donors (Lipinski definition) is 0. The molecule has 2 atom stereocenters. The van der Waals surface area contributed by atoms with Gasteiger partial charge in [-0.05, 0) is 31.4 Å². The Labute approximate surface area is 105 Å². The summed E-state index contributed by atoms with van der Waals surface area (Å²) in [5.41, 5.74) is 0. The summed E-state index contributed by atoms with van der Waals surface area (Å²) in [7, 11) is -0.952. The molecule has 0 heterocycles. The van der Waals surface area contributed by atoms with Crippen LogP contribution in [0.2, 0.25) is 0 Å². The molecule has 0 aliphatic heterocycles. The Morgan fingerprint density at radius 2 is 1.94 bits per heavy atom.